The van der Waals surface area contributed by atoms with Crippen LogP contribution in [0.4, 0.5) is 0 Å². The summed E-state index contributed by atoms with van der Waals surface area (Å²) in [7, 11) is 1.59. The Morgan fingerprint density at radius 2 is 1.84 bits per heavy atom. The third-order valence-electron chi connectivity index (χ3n) is 3.60. The van der Waals surface area contributed by atoms with E-state index in [1.165, 1.54) is 0 Å². The number of aromatic carboxylic acids is 1. The van der Waals surface area contributed by atoms with Crippen LogP contribution in [0.2, 0.25) is 5.02 Å². The second-order valence-corrected chi connectivity index (χ2v) is 5.97. The van der Waals surface area contributed by atoms with Gasteiger partial charge in [-0.3, -0.25) is 0 Å². The predicted octanol–water partition coefficient (Wildman–Crippen LogP) is 4.13. The fourth-order valence-electron chi connectivity index (χ4n) is 2.34. The van der Waals surface area contributed by atoms with E-state index in [0.29, 0.717) is 36.2 Å². The molecule has 2 N–H and O–H groups in total. The predicted molar refractivity (Wildman–Crippen MR) is 97.7 cm³/mol. The molecule has 6 heteroatoms. The van der Waals surface area contributed by atoms with Gasteiger partial charge in [0.1, 0.15) is 0 Å². The molecule has 0 bridgehead atoms. The molecule has 0 fully saturated rings. The van der Waals surface area contributed by atoms with E-state index in [2.05, 4.69) is 5.32 Å². The lowest BCUT2D eigenvalue weighted by atomic mass is 10.1. The number of rotatable bonds is 9. The van der Waals surface area contributed by atoms with Gasteiger partial charge in [0, 0.05) is 13.1 Å². The molecular weight excluding hydrogens is 342 g/mol. The van der Waals surface area contributed by atoms with Crippen LogP contribution in [0.1, 0.15) is 34.8 Å². The maximum atomic E-state index is 10.8. The first kappa shape index (κ1) is 19.1. The average molecular weight is 364 g/mol. The summed E-state index contributed by atoms with van der Waals surface area (Å²) in [5.74, 6) is 0.259. The van der Waals surface area contributed by atoms with Crippen molar-refractivity contribution in [1.82, 2.24) is 5.32 Å². The Hall–Kier alpha value is -2.24. The Labute approximate surface area is 152 Å². The third kappa shape index (κ3) is 5.37. The minimum absolute atomic E-state index is 0.280. The Morgan fingerprint density at radius 3 is 2.44 bits per heavy atom. The Balaban J connectivity index is 1.98. The molecule has 0 unspecified atom stereocenters. The van der Waals surface area contributed by atoms with Gasteiger partial charge in [-0.25, -0.2) is 4.79 Å². The molecule has 0 aliphatic heterocycles. The van der Waals surface area contributed by atoms with Crippen molar-refractivity contribution in [3.05, 3.63) is 58.1 Å². The molecule has 0 aromatic heterocycles. The van der Waals surface area contributed by atoms with E-state index < -0.39 is 5.97 Å². The number of hydrogen-bond acceptors (Lipinski definition) is 4. The van der Waals surface area contributed by atoms with Gasteiger partial charge in [0.2, 0.25) is 0 Å². The zero-order chi connectivity index (χ0) is 18.2. The monoisotopic (exact) mass is 363 g/mol. The minimum atomic E-state index is -0.924. The van der Waals surface area contributed by atoms with Gasteiger partial charge in [-0.1, -0.05) is 30.7 Å². The number of carboxylic acids is 1. The van der Waals surface area contributed by atoms with Crippen LogP contribution in [-0.2, 0) is 13.1 Å². The summed E-state index contributed by atoms with van der Waals surface area (Å²) in [6, 6.07) is 10.5. The van der Waals surface area contributed by atoms with Gasteiger partial charge in [0.15, 0.2) is 11.5 Å². The maximum Gasteiger partial charge on any atom is 0.335 e. The molecule has 0 aliphatic carbocycles. The van der Waals surface area contributed by atoms with Crippen molar-refractivity contribution >= 4 is 17.6 Å². The zero-order valence-electron chi connectivity index (χ0n) is 14.3. The normalized spacial score (nSPS) is 10.5. The quantitative estimate of drug-likeness (QED) is 0.701. The Bertz CT molecular complexity index is 716. The highest BCUT2D eigenvalue weighted by Gasteiger charge is 2.12. The first-order valence-corrected chi connectivity index (χ1v) is 8.45. The average Bonchev–Trinajstić information content (AvgIpc) is 2.61. The maximum absolute atomic E-state index is 10.8. The number of hydrogen-bond donors (Lipinski definition) is 2. The summed E-state index contributed by atoms with van der Waals surface area (Å²) < 4.78 is 11.0. The molecule has 0 amide bonds. The highest BCUT2D eigenvalue weighted by Crippen LogP contribution is 2.36. The molecule has 2 rings (SSSR count). The smallest absolute Gasteiger partial charge is 0.335 e. The molecule has 134 valence electrons. The number of benzene rings is 2. The highest BCUT2D eigenvalue weighted by atomic mass is 35.5. The van der Waals surface area contributed by atoms with Crippen LogP contribution in [0.15, 0.2) is 36.4 Å². The van der Waals surface area contributed by atoms with Gasteiger partial charge in [-0.05, 0) is 41.8 Å². The molecule has 0 radical (unpaired) electrons. The van der Waals surface area contributed by atoms with E-state index in [4.69, 9.17) is 26.2 Å². The van der Waals surface area contributed by atoms with Crippen molar-refractivity contribution in [3.8, 4) is 11.5 Å². The SMILES string of the molecule is CCCOc1c(Cl)cc(CNCc2ccc(C(=O)O)cc2)cc1OC. The van der Waals surface area contributed by atoms with Crippen molar-refractivity contribution < 1.29 is 19.4 Å². The van der Waals surface area contributed by atoms with E-state index in [-0.39, 0.29) is 5.56 Å². The number of carboxylic acid groups (broad SMARTS) is 1. The van der Waals surface area contributed by atoms with Gasteiger partial charge >= 0.3 is 5.97 Å². The summed E-state index contributed by atoms with van der Waals surface area (Å²) >= 11 is 6.30. The molecule has 2 aromatic carbocycles. The second kappa shape index (κ2) is 9.30. The fourth-order valence-corrected chi connectivity index (χ4v) is 2.62. The zero-order valence-corrected chi connectivity index (χ0v) is 15.1. The number of nitrogens with one attached hydrogen (secondary N) is 1. The number of methoxy groups -OCH3 is 1. The van der Waals surface area contributed by atoms with Crippen LogP contribution < -0.4 is 14.8 Å². The van der Waals surface area contributed by atoms with Gasteiger partial charge in [0.25, 0.3) is 0 Å². The Kier molecular flexibility index (Phi) is 7.10. The van der Waals surface area contributed by atoms with E-state index >= 15 is 0 Å². The van der Waals surface area contributed by atoms with E-state index in [0.717, 1.165) is 17.5 Å². The van der Waals surface area contributed by atoms with Gasteiger partial charge in [-0.2, -0.15) is 0 Å². The summed E-state index contributed by atoms with van der Waals surface area (Å²) in [6.45, 7) is 3.83. The van der Waals surface area contributed by atoms with Gasteiger partial charge in [0.05, 0.1) is 24.3 Å². The largest absolute Gasteiger partial charge is 0.493 e. The lowest BCUT2D eigenvalue weighted by molar-refractivity contribution is 0.0697. The Morgan fingerprint density at radius 1 is 1.16 bits per heavy atom. The third-order valence-corrected chi connectivity index (χ3v) is 3.88. The molecular formula is C19H22ClNO4. The van der Waals surface area contributed by atoms with E-state index in [9.17, 15) is 4.79 Å². The molecule has 2 aromatic rings. The van der Waals surface area contributed by atoms with Crippen molar-refractivity contribution in [3.63, 3.8) is 0 Å². The highest BCUT2D eigenvalue weighted by molar-refractivity contribution is 6.32. The summed E-state index contributed by atoms with van der Waals surface area (Å²) in [6.07, 6.45) is 0.892. The van der Waals surface area contributed by atoms with Crippen LogP contribution >= 0.6 is 11.6 Å². The number of ether oxygens (including phenoxy) is 2. The molecule has 0 heterocycles. The minimum Gasteiger partial charge on any atom is -0.493 e. The summed E-state index contributed by atoms with van der Waals surface area (Å²) in [5, 5.41) is 12.7. The van der Waals surface area contributed by atoms with E-state index in [1.807, 2.05) is 19.1 Å². The summed E-state index contributed by atoms with van der Waals surface area (Å²) in [4.78, 5) is 10.8. The van der Waals surface area contributed by atoms with Gasteiger partial charge < -0.3 is 19.9 Å². The van der Waals surface area contributed by atoms with Crippen LogP contribution in [0, 0.1) is 0 Å². The van der Waals surface area contributed by atoms with Crippen molar-refractivity contribution in [2.45, 2.75) is 26.4 Å². The number of carbonyl (C=O) groups is 1. The standard InChI is InChI=1S/C19H22ClNO4/c1-3-8-25-18-16(20)9-14(10-17(18)24-2)12-21-11-13-4-6-15(7-5-13)19(22)23/h4-7,9-10,21H,3,8,11-12H2,1-2H3,(H,22,23). The molecule has 0 saturated carbocycles. The first-order chi connectivity index (χ1) is 12.0. The van der Waals surface area contributed by atoms with Crippen molar-refractivity contribution in [1.29, 1.82) is 0 Å². The van der Waals surface area contributed by atoms with Crippen LogP contribution in [-0.4, -0.2) is 24.8 Å². The lowest BCUT2D eigenvalue weighted by Gasteiger charge is -2.14. The molecule has 0 saturated heterocycles. The van der Waals surface area contributed by atoms with Gasteiger partial charge in [-0.15, -0.1) is 0 Å². The lowest BCUT2D eigenvalue weighted by Crippen LogP contribution is -2.13. The molecule has 0 spiro atoms. The van der Waals surface area contributed by atoms with Crippen molar-refractivity contribution in [2.24, 2.45) is 0 Å². The molecule has 5 nitrogen and oxygen atoms in total. The van der Waals surface area contributed by atoms with Crippen LogP contribution in [0.25, 0.3) is 0 Å². The van der Waals surface area contributed by atoms with E-state index in [1.54, 1.807) is 31.4 Å². The molecule has 0 aliphatic rings. The number of halogens is 1. The second-order valence-electron chi connectivity index (χ2n) is 5.56. The fraction of sp³-hybridized carbons (Fsp3) is 0.316. The molecule has 0 atom stereocenters. The molecule has 25 heavy (non-hydrogen) atoms. The topological polar surface area (TPSA) is 67.8 Å². The van der Waals surface area contributed by atoms with Crippen molar-refractivity contribution in [2.75, 3.05) is 13.7 Å². The van der Waals surface area contributed by atoms with Crippen LogP contribution in [0.5, 0.6) is 11.5 Å². The van der Waals surface area contributed by atoms with Crippen LogP contribution in [0.3, 0.4) is 0 Å². The first-order valence-electron chi connectivity index (χ1n) is 8.07. The summed E-state index contributed by atoms with van der Waals surface area (Å²) in [5.41, 5.74) is 2.27.